The van der Waals surface area contributed by atoms with Gasteiger partial charge in [0.2, 0.25) is 15.7 Å². The van der Waals surface area contributed by atoms with Crippen molar-refractivity contribution in [1.29, 1.82) is 0 Å². The van der Waals surface area contributed by atoms with Crippen molar-refractivity contribution >= 4 is 25.5 Å². The Morgan fingerprint density at radius 3 is 2.04 bits per heavy atom. The van der Waals surface area contributed by atoms with Gasteiger partial charge in [-0.1, -0.05) is 22.8 Å². The SMILES string of the molecule is Cc1ccc(S(=O)(=O)Nc2ccc(-c3nnc(S(C)(=O)=O)o3)cc2)cc1. The van der Waals surface area contributed by atoms with Crippen LogP contribution < -0.4 is 4.72 Å². The largest absolute Gasteiger partial charge is 0.408 e. The van der Waals surface area contributed by atoms with E-state index in [1.54, 1.807) is 24.3 Å². The molecule has 0 spiro atoms. The van der Waals surface area contributed by atoms with Gasteiger partial charge in [-0.2, -0.15) is 0 Å². The Morgan fingerprint density at radius 2 is 1.50 bits per heavy atom. The van der Waals surface area contributed by atoms with Crippen LogP contribution in [0.5, 0.6) is 0 Å². The molecular weight excluding hydrogens is 378 g/mol. The highest BCUT2D eigenvalue weighted by molar-refractivity contribution is 7.92. The van der Waals surface area contributed by atoms with Gasteiger partial charge in [0.1, 0.15) is 0 Å². The van der Waals surface area contributed by atoms with Crippen molar-refractivity contribution in [2.75, 3.05) is 11.0 Å². The molecule has 0 bridgehead atoms. The Balaban J connectivity index is 1.81. The first kappa shape index (κ1) is 18.1. The molecule has 3 rings (SSSR count). The van der Waals surface area contributed by atoms with E-state index in [1.807, 2.05) is 6.92 Å². The minimum Gasteiger partial charge on any atom is -0.408 e. The number of nitrogens with one attached hydrogen (secondary N) is 1. The van der Waals surface area contributed by atoms with Gasteiger partial charge in [-0.3, -0.25) is 4.72 Å². The molecule has 0 fully saturated rings. The molecular formula is C16H15N3O5S2. The van der Waals surface area contributed by atoms with Gasteiger partial charge in [-0.15, -0.1) is 5.10 Å². The molecule has 0 saturated heterocycles. The lowest BCUT2D eigenvalue weighted by molar-refractivity contribution is 0.442. The Morgan fingerprint density at radius 1 is 0.885 bits per heavy atom. The summed E-state index contributed by atoms with van der Waals surface area (Å²) in [5.74, 6) is 0.0263. The van der Waals surface area contributed by atoms with E-state index in [2.05, 4.69) is 14.9 Å². The molecule has 8 nitrogen and oxygen atoms in total. The van der Waals surface area contributed by atoms with E-state index in [-0.39, 0.29) is 10.8 Å². The first-order valence-corrected chi connectivity index (χ1v) is 10.8. The predicted octanol–water partition coefficient (Wildman–Crippen LogP) is 2.25. The Kier molecular flexibility index (Phi) is 4.55. The lowest BCUT2D eigenvalue weighted by atomic mass is 10.2. The standard InChI is InChI=1S/C16H15N3O5S2/c1-11-3-9-14(10-4-11)26(22,23)19-13-7-5-12(6-8-13)15-17-18-16(24-15)25(2,20)21/h3-10,19H,1-2H3. The predicted molar refractivity (Wildman–Crippen MR) is 94.8 cm³/mol. The molecule has 0 radical (unpaired) electrons. The van der Waals surface area contributed by atoms with Crippen molar-refractivity contribution in [2.45, 2.75) is 17.0 Å². The van der Waals surface area contributed by atoms with Crippen LogP contribution in [-0.2, 0) is 19.9 Å². The fraction of sp³-hybridized carbons (Fsp3) is 0.125. The Bertz CT molecular complexity index is 1130. The van der Waals surface area contributed by atoms with Gasteiger partial charge in [-0.25, -0.2) is 16.8 Å². The number of aryl methyl sites for hydroxylation is 1. The van der Waals surface area contributed by atoms with Crippen LogP contribution in [-0.4, -0.2) is 33.3 Å². The summed E-state index contributed by atoms with van der Waals surface area (Å²) in [6, 6.07) is 12.6. The first-order valence-electron chi connectivity index (χ1n) is 7.39. The van der Waals surface area contributed by atoms with E-state index in [1.165, 1.54) is 24.3 Å². The number of aromatic nitrogens is 2. The van der Waals surface area contributed by atoms with Gasteiger partial charge >= 0.3 is 5.22 Å². The number of benzene rings is 2. The van der Waals surface area contributed by atoms with Gasteiger partial charge in [0.25, 0.3) is 10.0 Å². The monoisotopic (exact) mass is 393 g/mol. The van der Waals surface area contributed by atoms with Crippen molar-refractivity contribution in [1.82, 2.24) is 10.2 Å². The third kappa shape index (κ3) is 3.92. The van der Waals surface area contributed by atoms with Gasteiger partial charge in [-0.05, 0) is 43.3 Å². The average Bonchev–Trinajstić information content (AvgIpc) is 3.06. The zero-order valence-corrected chi connectivity index (χ0v) is 15.5. The van der Waals surface area contributed by atoms with Crippen LogP contribution in [0.25, 0.3) is 11.5 Å². The van der Waals surface area contributed by atoms with Crippen LogP contribution >= 0.6 is 0 Å². The van der Waals surface area contributed by atoms with E-state index in [4.69, 9.17) is 4.42 Å². The molecule has 26 heavy (non-hydrogen) atoms. The van der Waals surface area contributed by atoms with Crippen molar-refractivity contribution < 1.29 is 21.3 Å². The zero-order chi connectivity index (χ0) is 18.9. The third-order valence-electron chi connectivity index (χ3n) is 3.44. The average molecular weight is 393 g/mol. The molecule has 0 aliphatic rings. The highest BCUT2D eigenvalue weighted by Gasteiger charge is 2.18. The number of sulfone groups is 1. The molecule has 0 atom stereocenters. The van der Waals surface area contributed by atoms with Gasteiger partial charge in [0.05, 0.1) is 4.90 Å². The summed E-state index contributed by atoms with van der Waals surface area (Å²) in [6.07, 6.45) is 0.966. The molecule has 0 saturated carbocycles. The van der Waals surface area contributed by atoms with Crippen molar-refractivity contribution in [3.8, 4) is 11.5 Å². The second-order valence-corrected chi connectivity index (χ2v) is 9.22. The van der Waals surface area contributed by atoms with Crippen LogP contribution in [0, 0.1) is 6.92 Å². The normalized spacial score (nSPS) is 12.1. The fourth-order valence-electron chi connectivity index (χ4n) is 2.09. The molecule has 0 amide bonds. The highest BCUT2D eigenvalue weighted by Crippen LogP contribution is 2.23. The molecule has 0 unspecified atom stereocenters. The molecule has 0 aliphatic heterocycles. The van der Waals surface area contributed by atoms with Crippen LogP contribution in [0.4, 0.5) is 5.69 Å². The maximum atomic E-state index is 12.4. The minimum atomic E-state index is -3.70. The van der Waals surface area contributed by atoms with E-state index in [0.717, 1.165) is 11.8 Å². The summed E-state index contributed by atoms with van der Waals surface area (Å²) < 4.78 is 55.0. The van der Waals surface area contributed by atoms with E-state index in [0.29, 0.717) is 11.3 Å². The maximum Gasteiger partial charge on any atom is 0.335 e. The molecule has 0 aliphatic carbocycles. The van der Waals surface area contributed by atoms with Gasteiger partial charge < -0.3 is 4.42 Å². The number of hydrogen-bond donors (Lipinski definition) is 1. The third-order valence-corrected chi connectivity index (χ3v) is 5.64. The maximum absolute atomic E-state index is 12.4. The van der Waals surface area contributed by atoms with E-state index in [9.17, 15) is 16.8 Å². The van der Waals surface area contributed by atoms with Crippen molar-refractivity contribution in [3.05, 3.63) is 54.1 Å². The number of hydrogen-bond acceptors (Lipinski definition) is 7. The number of nitrogens with zero attached hydrogens (tertiary/aromatic N) is 2. The molecule has 2 aromatic carbocycles. The van der Waals surface area contributed by atoms with Crippen LogP contribution in [0.1, 0.15) is 5.56 Å². The second kappa shape index (κ2) is 6.54. The van der Waals surface area contributed by atoms with Gasteiger partial charge in [0, 0.05) is 17.5 Å². The Labute approximate surface area is 150 Å². The molecule has 10 heteroatoms. The number of anilines is 1. The molecule has 1 heterocycles. The summed E-state index contributed by atoms with van der Waals surface area (Å²) in [5.41, 5.74) is 1.77. The number of sulfonamides is 1. The summed E-state index contributed by atoms with van der Waals surface area (Å²) in [5, 5.41) is 6.68. The minimum absolute atomic E-state index is 0.0263. The van der Waals surface area contributed by atoms with Crippen molar-refractivity contribution in [2.24, 2.45) is 0 Å². The molecule has 1 N–H and O–H groups in total. The summed E-state index contributed by atoms with van der Waals surface area (Å²) >= 11 is 0. The zero-order valence-electron chi connectivity index (χ0n) is 13.9. The quantitative estimate of drug-likeness (QED) is 0.706. The van der Waals surface area contributed by atoms with E-state index < -0.39 is 25.1 Å². The summed E-state index contributed by atoms with van der Waals surface area (Å²) in [4.78, 5) is 0.155. The summed E-state index contributed by atoms with van der Waals surface area (Å²) in [7, 11) is -7.29. The van der Waals surface area contributed by atoms with E-state index >= 15 is 0 Å². The molecule has 3 aromatic rings. The smallest absolute Gasteiger partial charge is 0.335 e. The lowest BCUT2D eigenvalue weighted by Crippen LogP contribution is -2.12. The van der Waals surface area contributed by atoms with Crippen molar-refractivity contribution in [3.63, 3.8) is 0 Å². The molecule has 136 valence electrons. The second-order valence-electron chi connectivity index (χ2n) is 5.64. The first-order chi connectivity index (χ1) is 12.1. The molecule has 1 aromatic heterocycles. The fourth-order valence-corrected chi connectivity index (χ4v) is 3.57. The Hall–Kier alpha value is -2.72. The lowest BCUT2D eigenvalue weighted by Gasteiger charge is -2.08. The topological polar surface area (TPSA) is 119 Å². The number of rotatable bonds is 5. The van der Waals surface area contributed by atoms with Crippen LogP contribution in [0.3, 0.4) is 0 Å². The summed E-state index contributed by atoms with van der Waals surface area (Å²) in [6.45, 7) is 1.87. The van der Waals surface area contributed by atoms with Crippen LogP contribution in [0.2, 0.25) is 0 Å². The van der Waals surface area contributed by atoms with Gasteiger partial charge in [0.15, 0.2) is 0 Å². The van der Waals surface area contributed by atoms with Crippen LogP contribution in [0.15, 0.2) is 63.1 Å². The highest BCUT2D eigenvalue weighted by atomic mass is 32.2.